The summed E-state index contributed by atoms with van der Waals surface area (Å²) in [6.07, 6.45) is 9.08. The van der Waals surface area contributed by atoms with Crippen LogP contribution in [0.4, 0.5) is 0 Å². The van der Waals surface area contributed by atoms with Gasteiger partial charge in [0, 0.05) is 52.9 Å². The van der Waals surface area contributed by atoms with Gasteiger partial charge in [-0.2, -0.15) is 0 Å². The highest BCUT2D eigenvalue weighted by Gasteiger charge is 2.12. The van der Waals surface area contributed by atoms with Crippen molar-refractivity contribution in [3.8, 4) is 55.9 Å². The van der Waals surface area contributed by atoms with Crippen molar-refractivity contribution in [1.82, 2.24) is 19.9 Å². The molecule has 8 rings (SSSR count). The lowest BCUT2D eigenvalue weighted by Crippen LogP contribution is -1.92. The van der Waals surface area contributed by atoms with Crippen LogP contribution in [-0.2, 0) is 0 Å². The SMILES string of the molecule is c1cc(-c2ccc(-c3cc4cccnc4c4ccccc34)cc2)cc(-c2cc(-c3ccncc3)nc(-c3ccncc3)c2)c1. The van der Waals surface area contributed by atoms with E-state index >= 15 is 0 Å². The fourth-order valence-electron chi connectivity index (χ4n) is 5.91. The number of benzene rings is 4. The minimum atomic E-state index is 0.907. The number of nitrogens with zero attached hydrogens (tertiary/aromatic N) is 4. The first-order chi connectivity index (χ1) is 21.8. The smallest absolute Gasteiger partial charge is 0.0780 e. The molecule has 4 aromatic heterocycles. The molecule has 0 spiro atoms. The summed E-state index contributed by atoms with van der Waals surface area (Å²) in [6, 6.07) is 44.8. The van der Waals surface area contributed by atoms with Crippen molar-refractivity contribution >= 4 is 21.7 Å². The average molecular weight is 563 g/mol. The zero-order valence-corrected chi connectivity index (χ0v) is 23.8. The maximum atomic E-state index is 5.00. The maximum absolute atomic E-state index is 5.00. The van der Waals surface area contributed by atoms with Crippen LogP contribution in [0.25, 0.3) is 77.6 Å². The van der Waals surface area contributed by atoms with E-state index in [-0.39, 0.29) is 0 Å². The molecular formula is C40H26N4. The lowest BCUT2D eigenvalue weighted by Gasteiger charge is -2.12. The summed E-state index contributed by atoms with van der Waals surface area (Å²) in [5.74, 6) is 0. The van der Waals surface area contributed by atoms with Gasteiger partial charge in [0.05, 0.1) is 16.9 Å². The second-order valence-electron chi connectivity index (χ2n) is 10.8. The Morgan fingerprint density at radius 2 is 0.977 bits per heavy atom. The Labute approximate surface area is 255 Å². The van der Waals surface area contributed by atoms with Gasteiger partial charge in [-0.1, -0.05) is 72.8 Å². The van der Waals surface area contributed by atoms with Crippen molar-refractivity contribution < 1.29 is 0 Å². The number of fused-ring (bicyclic) bond motifs is 3. The van der Waals surface area contributed by atoms with Gasteiger partial charge in [-0.05, 0) is 93.4 Å². The molecule has 0 unspecified atom stereocenters. The first-order valence-electron chi connectivity index (χ1n) is 14.6. The summed E-state index contributed by atoms with van der Waals surface area (Å²) in [5.41, 5.74) is 11.9. The summed E-state index contributed by atoms with van der Waals surface area (Å²) in [7, 11) is 0. The molecule has 0 saturated heterocycles. The molecule has 0 N–H and O–H groups in total. The van der Waals surface area contributed by atoms with Crippen LogP contribution >= 0.6 is 0 Å². The van der Waals surface area contributed by atoms with Gasteiger partial charge in [0.2, 0.25) is 0 Å². The molecule has 206 valence electrons. The number of hydrogen-bond donors (Lipinski definition) is 0. The molecule has 0 saturated carbocycles. The number of pyridine rings is 4. The predicted molar refractivity (Wildman–Crippen MR) is 180 cm³/mol. The molecule has 4 nitrogen and oxygen atoms in total. The van der Waals surface area contributed by atoms with Crippen molar-refractivity contribution in [2.75, 3.05) is 0 Å². The fourth-order valence-corrected chi connectivity index (χ4v) is 5.91. The Morgan fingerprint density at radius 3 is 1.66 bits per heavy atom. The Hall–Kier alpha value is -6.00. The Bertz CT molecular complexity index is 2200. The summed E-state index contributed by atoms with van der Waals surface area (Å²) in [6.45, 7) is 0. The Morgan fingerprint density at radius 1 is 0.364 bits per heavy atom. The quantitative estimate of drug-likeness (QED) is 0.196. The highest BCUT2D eigenvalue weighted by Crippen LogP contribution is 2.36. The van der Waals surface area contributed by atoms with E-state index in [0.717, 1.165) is 50.1 Å². The first kappa shape index (κ1) is 25.7. The topological polar surface area (TPSA) is 51.6 Å². The molecule has 0 aliphatic heterocycles. The molecule has 4 aromatic carbocycles. The van der Waals surface area contributed by atoms with E-state index in [4.69, 9.17) is 4.98 Å². The molecule has 0 radical (unpaired) electrons. The van der Waals surface area contributed by atoms with Crippen LogP contribution in [0.2, 0.25) is 0 Å². The minimum absolute atomic E-state index is 0.907. The molecular weight excluding hydrogens is 536 g/mol. The van der Waals surface area contributed by atoms with Crippen molar-refractivity contribution in [2.24, 2.45) is 0 Å². The average Bonchev–Trinajstić information content (AvgIpc) is 3.12. The standard InChI is InChI=1S/C40H26N4/c1-2-9-36-35(8-1)37(24-33-7-4-18-43-40(33)36)28-12-10-27(11-13-28)31-5-3-6-32(23-31)34-25-38(29-14-19-41-20-15-29)44-39(26-34)30-16-21-42-22-17-30/h1-26H. The van der Waals surface area contributed by atoms with Crippen LogP contribution in [0.1, 0.15) is 0 Å². The van der Waals surface area contributed by atoms with Gasteiger partial charge in [-0.3, -0.25) is 15.0 Å². The summed E-state index contributed by atoms with van der Waals surface area (Å²) in [4.78, 5) is 18.1. The molecule has 8 aromatic rings. The number of rotatable bonds is 5. The van der Waals surface area contributed by atoms with Gasteiger partial charge in [0.25, 0.3) is 0 Å². The molecule has 4 heteroatoms. The molecule has 0 amide bonds. The van der Waals surface area contributed by atoms with Crippen LogP contribution in [0, 0.1) is 0 Å². The van der Waals surface area contributed by atoms with Crippen LogP contribution in [0.3, 0.4) is 0 Å². The van der Waals surface area contributed by atoms with Crippen LogP contribution in [-0.4, -0.2) is 19.9 Å². The second kappa shape index (κ2) is 11.0. The normalized spacial score (nSPS) is 11.2. The molecule has 0 fully saturated rings. The van der Waals surface area contributed by atoms with Gasteiger partial charge in [0.1, 0.15) is 0 Å². The van der Waals surface area contributed by atoms with Crippen molar-refractivity contribution in [3.63, 3.8) is 0 Å². The first-order valence-corrected chi connectivity index (χ1v) is 14.6. The zero-order chi connectivity index (χ0) is 29.3. The molecule has 4 heterocycles. The lowest BCUT2D eigenvalue weighted by atomic mass is 9.93. The number of aromatic nitrogens is 4. The third kappa shape index (κ3) is 4.79. The second-order valence-corrected chi connectivity index (χ2v) is 10.8. The van der Waals surface area contributed by atoms with Crippen molar-refractivity contribution in [2.45, 2.75) is 0 Å². The number of hydrogen-bond acceptors (Lipinski definition) is 4. The predicted octanol–water partition coefficient (Wildman–Crippen LogP) is 9.91. The van der Waals surface area contributed by atoms with Crippen molar-refractivity contribution in [3.05, 3.63) is 158 Å². The van der Waals surface area contributed by atoms with Gasteiger partial charge in [-0.15, -0.1) is 0 Å². The van der Waals surface area contributed by atoms with Gasteiger partial charge in [0.15, 0.2) is 0 Å². The Kier molecular flexibility index (Phi) is 6.43. The van der Waals surface area contributed by atoms with Crippen LogP contribution in [0.5, 0.6) is 0 Å². The van der Waals surface area contributed by atoms with E-state index in [9.17, 15) is 0 Å². The van der Waals surface area contributed by atoms with Crippen LogP contribution < -0.4 is 0 Å². The van der Waals surface area contributed by atoms with Gasteiger partial charge < -0.3 is 0 Å². The molecule has 0 aliphatic carbocycles. The largest absolute Gasteiger partial charge is 0.265 e. The lowest BCUT2D eigenvalue weighted by molar-refractivity contribution is 1.27. The van der Waals surface area contributed by atoms with E-state index in [1.165, 1.54) is 27.5 Å². The summed E-state index contributed by atoms with van der Waals surface area (Å²) in [5, 5.41) is 3.53. The zero-order valence-electron chi connectivity index (χ0n) is 23.8. The van der Waals surface area contributed by atoms with Gasteiger partial charge >= 0.3 is 0 Å². The third-order valence-electron chi connectivity index (χ3n) is 8.11. The third-order valence-corrected chi connectivity index (χ3v) is 8.11. The maximum Gasteiger partial charge on any atom is 0.0780 e. The van der Waals surface area contributed by atoms with E-state index in [0.29, 0.717) is 0 Å². The van der Waals surface area contributed by atoms with Gasteiger partial charge in [-0.25, -0.2) is 4.98 Å². The highest BCUT2D eigenvalue weighted by molar-refractivity contribution is 6.12. The molecule has 0 atom stereocenters. The minimum Gasteiger partial charge on any atom is -0.265 e. The molecule has 44 heavy (non-hydrogen) atoms. The van der Waals surface area contributed by atoms with E-state index in [2.05, 4.69) is 112 Å². The van der Waals surface area contributed by atoms with Crippen molar-refractivity contribution in [1.29, 1.82) is 0 Å². The van der Waals surface area contributed by atoms with Crippen LogP contribution in [0.15, 0.2) is 158 Å². The summed E-state index contributed by atoms with van der Waals surface area (Å²) < 4.78 is 0. The van der Waals surface area contributed by atoms with E-state index in [1.54, 1.807) is 24.8 Å². The monoisotopic (exact) mass is 562 g/mol. The molecule has 0 bridgehead atoms. The van der Waals surface area contributed by atoms with E-state index < -0.39 is 0 Å². The van der Waals surface area contributed by atoms with E-state index in [1.807, 2.05) is 36.5 Å². The summed E-state index contributed by atoms with van der Waals surface area (Å²) >= 11 is 0. The highest BCUT2D eigenvalue weighted by atomic mass is 14.7. The Balaban J connectivity index is 1.19. The fraction of sp³-hybridized carbons (Fsp3) is 0. The molecule has 0 aliphatic rings.